The molecule has 3 unspecified atom stereocenters. The fourth-order valence-electron chi connectivity index (χ4n) is 1.02. The summed E-state index contributed by atoms with van der Waals surface area (Å²) in [7, 11) is 0. The first kappa shape index (κ1) is 8.53. The zero-order valence-corrected chi connectivity index (χ0v) is 7.00. The molecule has 3 atom stereocenters. The van der Waals surface area contributed by atoms with Crippen molar-refractivity contribution in [3.63, 3.8) is 0 Å². The molecule has 1 aliphatic carbocycles. The number of hydrogen-bond donors (Lipinski definition) is 2. The van der Waals surface area contributed by atoms with Crippen LogP contribution < -0.4 is 5.32 Å². The molecular weight excluding hydrogens is 142 g/mol. The Morgan fingerprint density at radius 1 is 1.82 bits per heavy atom. The van der Waals surface area contributed by atoms with Crippen LogP contribution in [0.25, 0.3) is 0 Å². The maximum absolute atomic E-state index is 10.4. The lowest BCUT2D eigenvalue weighted by Gasteiger charge is -2.06. The molecule has 0 aromatic carbocycles. The lowest BCUT2D eigenvalue weighted by Crippen LogP contribution is -2.28. The molecule has 0 amide bonds. The standard InChI is InChI=1S/C8H15NO2/c1-5-3-7(5)9-4-6(2)8(10)11/h5-7,9H,3-4H2,1-2H3,(H,10,11). The maximum Gasteiger partial charge on any atom is 0.307 e. The molecule has 0 bridgehead atoms. The van der Waals surface area contributed by atoms with Gasteiger partial charge in [-0.3, -0.25) is 4.79 Å². The molecular formula is C8H15NO2. The highest BCUT2D eigenvalue weighted by Gasteiger charge is 2.32. The zero-order chi connectivity index (χ0) is 8.43. The number of carboxylic acid groups (broad SMARTS) is 1. The van der Waals surface area contributed by atoms with Crippen molar-refractivity contribution in [1.82, 2.24) is 5.32 Å². The van der Waals surface area contributed by atoms with Gasteiger partial charge < -0.3 is 10.4 Å². The lowest BCUT2D eigenvalue weighted by atomic mass is 10.2. The predicted molar refractivity (Wildman–Crippen MR) is 42.4 cm³/mol. The normalized spacial score (nSPS) is 31.5. The van der Waals surface area contributed by atoms with Gasteiger partial charge in [0.2, 0.25) is 0 Å². The molecule has 0 radical (unpaired) electrons. The highest BCUT2D eigenvalue weighted by molar-refractivity contribution is 5.69. The smallest absolute Gasteiger partial charge is 0.307 e. The van der Waals surface area contributed by atoms with Crippen LogP contribution in [0, 0.1) is 11.8 Å². The SMILES string of the molecule is CC(CNC1CC1C)C(=O)O. The number of aliphatic carboxylic acids is 1. The van der Waals surface area contributed by atoms with Gasteiger partial charge in [0, 0.05) is 12.6 Å². The van der Waals surface area contributed by atoms with Crippen LogP contribution in [0.2, 0.25) is 0 Å². The molecule has 1 saturated carbocycles. The first-order chi connectivity index (χ1) is 5.11. The van der Waals surface area contributed by atoms with Crippen molar-refractivity contribution in [2.45, 2.75) is 26.3 Å². The van der Waals surface area contributed by atoms with E-state index in [0.29, 0.717) is 12.6 Å². The van der Waals surface area contributed by atoms with Crippen molar-refractivity contribution in [2.24, 2.45) is 11.8 Å². The number of carboxylic acids is 1. The first-order valence-corrected chi connectivity index (χ1v) is 4.07. The fraction of sp³-hybridized carbons (Fsp3) is 0.875. The summed E-state index contributed by atoms with van der Waals surface area (Å²) in [5.41, 5.74) is 0. The Morgan fingerprint density at radius 3 is 2.73 bits per heavy atom. The summed E-state index contributed by atoms with van der Waals surface area (Å²) >= 11 is 0. The van der Waals surface area contributed by atoms with E-state index in [9.17, 15) is 4.79 Å². The van der Waals surface area contributed by atoms with E-state index in [4.69, 9.17) is 5.11 Å². The number of carbonyl (C=O) groups is 1. The van der Waals surface area contributed by atoms with E-state index >= 15 is 0 Å². The summed E-state index contributed by atoms with van der Waals surface area (Å²) in [6.07, 6.45) is 1.20. The van der Waals surface area contributed by atoms with E-state index < -0.39 is 5.97 Å². The molecule has 3 nitrogen and oxygen atoms in total. The van der Waals surface area contributed by atoms with Gasteiger partial charge in [0.05, 0.1) is 5.92 Å². The van der Waals surface area contributed by atoms with Crippen molar-refractivity contribution >= 4 is 5.97 Å². The Hall–Kier alpha value is -0.570. The molecule has 0 aliphatic heterocycles. The number of nitrogens with one attached hydrogen (secondary N) is 1. The van der Waals surface area contributed by atoms with Crippen LogP contribution in [0.4, 0.5) is 0 Å². The van der Waals surface area contributed by atoms with Gasteiger partial charge in [-0.1, -0.05) is 13.8 Å². The molecule has 0 aromatic rings. The second-order valence-electron chi connectivity index (χ2n) is 3.47. The highest BCUT2D eigenvalue weighted by atomic mass is 16.4. The van der Waals surface area contributed by atoms with Crippen molar-refractivity contribution in [3.05, 3.63) is 0 Å². The molecule has 0 aromatic heterocycles. The lowest BCUT2D eigenvalue weighted by molar-refractivity contribution is -0.140. The molecule has 64 valence electrons. The highest BCUT2D eigenvalue weighted by Crippen LogP contribution is 2.28. The minimum Gasteiger partial charge on any atom is -0.481 e. The Kier molecular flexibility index (Phi) is 2.49. The van der Waals surface area contributed by atoms with Gasteiger partial charge in [0.1, 0.15) is 0 Å². The summed E-state index contributed by atoms with van der Waals surface area (Å²) in [6, 6.07) is 0.580. The Bertz CT molecular complexity index is 158. The van der Waals surface area contributed by atoms with E-state index in [-0.39, 0.29) is 5.92 Å². The minimum atomic E-state index is -0.717. The Labute approximate surface area is 66.8 Å². The molecule has 0 spiro atoms. The molecule has 3 heteroatoms. The van der Waals surface area contributed by atoms with E-state index in [1.54, 1.807) is 6.92 Å². The van der Waals surface area contributed by atoms with Crippen LogP contribution in [-0.4, -0.2) is 23.7 Å². The van der Waals surface area contributed by atoms with Gasteiger partial charge in [-0.05, 0) is 12.3 Å². The van der Waals surface area contributed by atoms with Gasteiger partial charge >= 0.3 is 5.97 Å². The molecule has 1 aliphatic rings. The third-order valence-electron chi connectivity index (χ3n) is 2.22. The van der Waals surface area contributed by atoms with Crippen LogP contribution in [0.3, 0.4) is 0 Å². The minimum absolute atomic E-state index is 0.261. The fourth-order valence-corrected chi connectivity index (χ4v) is 1.02. The summed E-state index contributed by atoms with van der Waals surface area (Å²) in [5.74, 6) is -0.232. The van der Waals surface area contributed by atoms with Gasteiger partial charge in [0.25, 0.3) is 0 Å². The van der Waals surface area contributed by atoms with Crippen molar-refractivity contribution in [3.8, 4) is 0 Å². The molecule has 1 rings (SSSR count). The second-order valence-corrected chi connectivity index (χ2v) is 3.47. The van der Waals surface area contributed by atoms with Gasteiger partial charge in [-0.2, -0.15) is 0 Å². The largest absolute Gasteiger partial charge is 0.481 e. The molecule has 1 fully saturated rings. The van der Waals surface area contributed by atoms with E-state index in [2.05, 4.69) is 12.2 Å². The van der Waals surface area contributed by atoms with Crippen molar-refractivity contribution in [2.75, 3.05) is 6.54 Å². The summed E-state index contributed by atoms with van der Waals surface area (Å²) in [4.78, 5) is 10.4. The van der Waals surface area contributed by atoms with E-state index in [1.165, 1.54) is 6.42 Å². The van der Waals surface area contributed by atoms with Gasteiger partial charge in [-0.25, -0.2) is 0 Å². The van der Waals surface area contributed by atoms with Crippen LogP contribution in [0.5, 0.6) is 0 Å². The predicted octanol–water partition coefficient (Wildman–Crippen LogP) is 0.705. The monoisotopic (exact) mass is 157 g/mol. The first-order valence-electron chi connectivity index (χ1n) is 4.07. The van der Waals surface area contributed by atoms with Crippen LogP contribution in [-0.2, 0) is 4.79 Å². The Balaban J connectivity index is 2.07. The number of rotatable bonds is 4. The van der Waals surface area contributed by atoms with Crippen LogP contribution in [0.1, 0.15) is 20.3 Å². The Morgan fingerprint density at radius 2 is 2.36 bits per heavy atom. The molecule has 2 N–H and O–H groups in total. The quantitative estimate of drug-likeness (QED) is 0.631. The molecule has 0 saturated heterocycles. The summed E-state index contributed by atoms with van der Waals surface area (Å²) < 4.78 is 0. The van der Waals surface area contributed by atoms with Crippen molar-refractivity contribution < 1.29 is 9.90 Å². The third-order valence-corrected chi connectivity index (χ3v) is 2.22. The van der Waals surface area contributed by atoms with Crippen LogP contribution >= 0.6 is 0 Å². The van der Waals surface area contributed by atoms with Crippen LogP contribution in [0.15, 0.2) is 0 Å². The van der Waals surface area contributed by atoms with E-state index in [0.717, 1.165) is 5.92 Å². The van der Waals surface area contributed by atoms with Gasteiger partial charge in [0.15, 0.2) is 0 Å². The average molecular weight is 157 g/mol. The molecule has 0 heterocycles. The topological polar surface area (TPSA) is 49.3 Å². The maximum atomic E-state index is 10.4. The molecule has 11 heavy (non-hydrogen) atoms. The third kappa shape index (κ3) is 2.50. The second kappa shape index (κ2) is 3.22. The van der Waals surface area contributed by atoms with E-state index in [1.807, 2.05) is 0 Å². The van der Waals surface area contributed by atoms with Gasteiger partial charge in [-0.15, -0.1) is 0 Å². The zero-order valence-electron chi connectivity index (χ0n) is 7.00. The summed E-state index contributed by atoms with van der Waals surface area (Å²) in [6.45, 7) is 4.50. The number of hydrogen-bond acceptors (Lipinski definition) is 2. The average Bonchev–Trinajstić information content (AvgIpc) is 2.61. The van der Waals surface area contributed by atoms with Crippen molar-refractivity contribution in [1.29, 1.82) is 0 Å². The summed E-state index contributed by atoms with van der Waals surface area (Å²) in [5, 5.41) is 11.7.